The topological polar surface area (TPSA) is 83.1 Å². The standard InChI is InChI=1S/C19H13N5O2S/c1-11-9-15-21-18(25)13(17(20)24(15)26-11)10-14-16(12-5-3-2-4-6-12)22-19-23(14)7-8-27-19/h2-10,20H,1H3. The number of amides is 1. The summed E-state index contributed by atoms with van der Waals surface area (Å²) >= 11 is 1.51. The van der Waals surface area contributed by atoms with Crippen molar-refractivity contribution in [3.63, 3.8) is 0 Å². The number of hydroxylamine groups is 2. The molecular weight excluding hydrogens is 362 g/mol. The molecule has 4 heterocycles. The molecule has 1 aromatic carbocycles. The second kappa shape index (κ2) is 5.75. The van der Waals surface area contributed by atoms with Crippen LogP contribution in [0.3, 0.4) is 0 Å². The van der Waals surface area contributed by atoms with E-state index in [0.717, 1.165) is 21.9 Å². The summed E-state index contributed by atoms with van der Waals surface area (Å²) in [6.45, 7) is 1.75. The Morgan fingerprint density at radius 1 is 1.26 bits per heavy atom. The number of amidine groups is 2. The Morgan fingerprint density at radius 2 is 2.07 bits per heavy atom. The first-order valence-electron chi connectivity index (χ1n) is 8.23. The molecule has 0 radical (unpaired) electrons. The number of thiazole rings is 1. The molecule has 0 bridgehead atoms. The van der Waals surface area contributed by atoms with Crippen molar-refractivity contribution < 1.29 is 9.63 Å². The number of hydrogen-bond acceptors (Lipinski definition) is 5. The average Bonchev–Trinajstić information content (AvgIpc) is 3.34. The molecule has 2 aliphatic heterocycles. The Kier molecular flexibility index (Phi) is 3.34. The van der Waals surface area contributed by atoms with Crippen molar-refractivity contribution in [1.82, 2.24) is 14.4 Å². The summed E-state index contributed by atoms with van der Waals surface area (Å²) in [6, 6.07) is 9.76. The van der Waals surface area contributed by atoms with Gasteiger partial charge >= 0.3 is 0 Å². The van der Waals surface area contributed by atoms with Crippen LogP contribution in [0.2, 0.25) is 0 Å². The summed E-state index contributed by atoms with van der Waals surface area (Å²) in [4.78, 5) is 27.6. The molecule has 2 aliphatic rings. The van der Waals surface area contributed by atoms with Crippen molar-refractivity contribution in [2.45, 2.75) is 6.92 Å². The van der Waals surface area contributed by atoms with Gasteiger partial charge in [0.25, 0.3) is 5.91 Å². The Morgan fingerprint density at radius 3 is 2.89 bits per heavy atom. The van der Waals surface area contributed by atoms with Crippen molar-refractivity contribution in [2.24, 2.45) is 4.99 Å². The van der Waals surface area contributed by atoms with Crippen LogP contribution in [0.25, 0.3) is 22.3 Å². The van der Waals surface area contributed by atoms with Gasteiger partial charge in [0.1, 0.15) is 5.76 Å². The summed E-state index contributed by atoms with van der Waals surface area (Å²) in [7, 11) is 0. The molecular formula is C19H13N5O2S. The van der Waals surface area contributed by atoms with E-state index in [1.165, 1.54) is 16.4 Å². The zero-order valence-electron chi connectivity index (χ0n) is 14.2. The first-order chi connectivity index (χ1) is 13.1. The number of aliphatic imine (C=N–C) groups is 1. The highest BCUT2D eigenvalue weighted by Gasteiger charge is 2.34. The second-order valence-electron chi connectivity index (χ2n) is 6.09. The van der Waals surface area contributed by atoms with Crippen molar-refractivity contribution >= 4 is 40.0 Å². The highest BCUT2D eigenvalue weighted by atomic mass is 32.1. The lowest BCUT2D eigenvalue weighted by molar-refractivity contribution is -0.114. The van der Waals surface area contributed by atoms with Crippen molar-refractivity contribution in [3.8, 4) is 11.3 Å². The first-order valence-corrected chi connectivity index (χ1v) is 9.11. The van der Waals surface area contributed by atoms with Gasteiger partial charge in [-0.1, -0.05) is 30.3 Å². The van der Waals surface area contributed by atoms with Gasteiger partial charge in [-0.05, 0) is 13.0 Å². The maximum atomic E-state index is 12.6. The van der Waals surface area contributed by atoms with Crippen LogP contribution in [-0.4, -0.2) is 32.0 Å². The van der Waals surface area contributed by atoms with Gasteiger partial charge in [-0.2, -0.15) is 4.99 Å². The summed E-state index contributed by atoms with van der Waals surface area (Å²) < 4.78 is 1.91. The molecule has 0 spiro atoms. The van der Waals surface area contributed by atoms with Gasteiger partial charge < -0.3 is 4.84 Å². The number of carbonyl (C=O) groups excluding carboxylic acids is 1. The number of imidazole rings is 1. The number of benzene rings is 1. The van der Waals surface area contributed by atoms with Crippen LogP contribution in [0.4, 0.5) is 0 Å². The summed E-state index contributed by atoms with van der Waals surface area (Å²) in [5, 5.41) is 11.6. The van der Waals surface area contributed by atoms with Gasteiger partial charge in [0, 0.05) is 23.2 Å². The van der Waals surface area contributed by atoms with E-state index in [9.17, 15) is 4.79 Å². The van der Waals surface area contributed by atoms with E-state index in [2.05, 4.69) is 4.99 Å². The van der Waals surface area contributed by atoms with E-state index in [1.807, 2.05) is 46.3 Å². The van der Waals surface area contributed by atoms with Crippen LogP contribution in [0.1, 0.15) is 12.6 Å². The van der Waals surface area contributed by atoms with Gasteiger partial charge in [-0.3, -0.25) is 14.6 Å². The third kappa shape index (κ3) is 2.42. The Labute approximate surface area is 158 Å². The highest BCUT2D eigenvalue weighted by molar-refractivity contribution is 7.15. The van der Waals surface area contributed by atoms with E-state index in [0.29, 0.717) is 11.6 Å². The number of aromatic nitrogens is 2. The predicted molar refractivity (Wildman–Crippen MR) is 103 cm³/mol. The second-order valence-corrected chi connectivity index (χ2v) is 6.96. The fraction of sp³-hybridized carbons (Fsp3) is 0.0526. The maximum Gasteiger partial charge on any atom is 0.283 e. The first kappa shape index (κ1) is 15.7. The van der Waals surface area contributed by atoms with E-state index in [1.54, 1.807) is 19.1 Å². The van der Waals surface area contributed by atoms with Crippen LogP contribution in [0.15, 0.2) is 64.3 Å². The molecule has 0 fully saturated rings. The smallest absolute Gasteiger partial charge is 0.283 e. The quantitative estimate of drug-likeness (QED) is 0.695. The van der Waals surface area contributed by atoms with E-state index < -0.39 is 5.91 Å². The number of allylic oxidation sites excluding steroid dienone is 1. The summed E-state index contributed by atoms with van der Waals surface area (Å²) in [6.07, 6.45) is 5.20. The predicted octanol–water partition coefficient (Wildman–Crippen LogP) is 3.51. The molecule has 8 heteroatoms. The van der Waals surface area contributed by atoms with Gasteiger partial charge in [-0.15, -0.1) is 16.4 Å². The fourth-order valence-corrected chi connectivity index (χ4v) is 3.81. The number of fused-ring (bicyclic) bond motifs is 2. The summed E-state index contributed by atoms with van der Waals surface area (Å²) in [5.74, 6) is 0.409. The Balaban J connectivity index is 1.68. The van der Waals surface area contributed by atoms with Crippen LogP contribution < -0.4 is 0 Å². The normalized spacial score (nSPS) is 18.0. The van der Waals surface area contributed by atoms with Gasteiger partial charge in [-0.25, -0.2) is 4.98 Å². The monoisotopic (exact) mass is 375 g/mol. The molecule has 7 nitrogen and oxygen atoms in total. The Hall–Kier alpha value is -3.52. The Bertz CT molecular complexity index is 1200. The zero-order valence-corrected chi connectivity index (χ0v) is 15.0. The lowest BCUT2D eigenvalue weighted by atomic mass is 10.1. The van der Waals surface area contributed by atoms with Crippen LogP contribution in [0.5, 0.6) is 0 Å². The minimum Gasteiger partial charge on any atom is -0.376 e. The molecule has 0 unspecified atom stereocenters. The fourth-order valence-electron chi connectivity index (χ4n) is 3.09. The van der Waals surface area contributed by atoms with Crippen molar-refractivity contribution in [1.29, 1.82) is 5.41 Å². The van der Waals surface area contributed by atoms with Crippen LogP contribution in [-0.2, 0) is 9.63 Å². The highest BCUT2D eigenvalue weighted by Crippen LogP contribution is 2.30. The average molecular weight is 375 g/mol. The molecule has 132 valence electrons. The molecule has 3 aromatic rings. The molecule has 0 saturated heterocycles. The zero-order chi connectivity index (χ0) is 18.5. The molecule has 5 rings (SSSR count). The van der Waals surface area contributed by atoms with E-state index >= 15 is 0 Å². The molecule has 0 aliphatic carbocycles. The molecule has 2 aromatic heterocycles. The van der Waals surface area contributed by atoms with Crippen LogP contribution in [0, 0.1) is 5.41 Å². The third-order valence-corrected chi connectivity index (χ3v) is 5.06. The van der Waals surface area contributed by atoms with Gasteiger partial charge in [0.2, 0.25) is 0 Å². The van der Waals surface area contributed by atoms with Gasteiger partial charge in [0.05, 0.1) is 17.0 Å². The van der Waals surface area contributed by atoms with E-state index in [-0.39, 0.29) is 11.4 Å². The summed E-state index contributed by atoms with van der Waals surface area (Å²) in [5.41, 5.74) is 2.58. The molecule has 27 heavy (non-hydrogen) atoms. The van der Waals surface area contributed by atoms with Crippen molar-refractivity contribution in [2.75, 3.05) is 0 Å². The molecule has 1 amide bonds. The van der Waals surface area contributed by atoms with Crippen LogP contribution >= 0.6 is 11.3 Å². The maximum absolute atomic E-state index is 12.6. The van der Waals surface area contributed by atoms with Gasteiger partial charge in [0.15, 0.2) is 16.6 Å². The minimum absolute atomic E-state index is 0.0395. The van der Waals surface area contributed by atoms with Crippen molar-refractivity contribution in [3.05, 3.63) is 65.0 Å². The minimum atomic E-state index is -0.468. The number of nitrogens with one attached hydrogen (secondary N) is 1. The lowest BCUT2D eigenvalue weighted by Gasteiger charge is -2.22. The van der Waals surface area contributed by atoms with E-state index in [4.69, 9.17) is 15.2 Å². The molecule has 0 atom stereocenters. The number of hydrogen-bond donors (Lipinski definition) is 1. The number of nitrogens with zero attached hydrogens (tertiary/aromatic N) is 4. The number of carbonyl (C=O) groups is 1. The number of rotatable bonds is 2. The molecule has 0 saturated carbocycles. The third-order valence-electron chi connectivity index (χ3n) is 4.31. The lowest BCUT2D eigenvalue weighted by Crippen LogP contribution is -2.38. The SMILES string of the molecule is CC1=CC2=NC(=O)C(=Cc3c(-c4ccccc4)nc4sccn34)C(=N)N2O1. The largest absolute Gasteiger partial charge is 0.376 e. The molecule has 1 N–H and O–H groups in total.